The normalized spacial score (nSPS) is 16.2. The molecular formula is C26H28N4O2. The summed E-state index contributed by atoms with van der Waals surface area (Å²) < 4.78 is 1.97. The van der Waals surface area contributed by atoms with Crippen LogP contribution in [-0.4, -0.2) is 57.6 Å². The van der Waals surface area contributed by atoms with Gasteiger partial charge in [0.15, 0.2) is 5.69 Å². The smallest absolute Gasteiger partial charge is 0.274 e. The summed E-state index contributed by atoms with van der Waals surface area (Å²) in [6, 6.07) is 21.8. The molecule has 164 valence electrons. The maximum Gasteiger partial charge on any atom is 0.274 e. The lowest BCUT2D eigenvalue weighted by atomic mass is 9.90. The van der Waals surface area contributed by atoms with E-state index >= 15 is 0 Å². The Kier molecular flexibility index (Phi) is 5.75. The second-order valence-corrected chi connectivity index (χ2v) is 8.57. The van der Waals surface area contributed by atoms with Gasteiger partial charge in [0.1, 0.15) is 0 Å². The Morgan fingerprint density at radius 3 is 1.94 bits per heavy atom. The van der Waals surface area contributed by atoms with Crippen LogP contribution >= 0.6 is 0 Å². The van der Waals surface area contributed by atoms with Crippen molar-refractivity contribution in [2.45, 2.75) is 31.7 Å². The highest BCUT2D eigenvalue weighted by Crippen LogP contribution is 2.27. The molecule has 0 atom stereocenters. The molecule has 5 rings (SSSR count). The van der Waals surface area contributed by atoms with Crippen molar-refractivity contribution in [3.8, 4) is 0 Å². The number of nitrogens with zero attached hydrogens (tertiary/aromatic N) is 4. The molecule has 1 saturated heterocycles. The molecule has 32 heavy (non-hydrogen) atoms. The van der Waals surface area contributed by atoms with E-state index in [0.717, 1.165) is 42.6 Å². The maximum absolute atomic E-state index is 13.6. The second kappa shape index (κ2) is 8.99. The topological polar surface area (TPSA) is 58.4 Å². The molecule has 0 spiro atoms. The Morgan fingerprint density at radius 2 is 1.34 bits per heavy atom. The first-order valence-electron chi connectivity index (χ1n) is 11.5. The van der Waals surface area contributed by atoms with Crippen LogP contribution in [0.4, 0.5) is 0 Å². The Bertz CT molecular complexity index is 1020. The average Bonchev–Trinajstić information content (AvgIpc) is 3.29. The van der Waals surface area contributed by atoms with Gasteiger partial charge in [0.2, 0.25) is 5.91 Å². The molecule has 6 nitrogen and oxygen atoms in total. The number of amides is 2. The zero-order valence-electron chi connectivity index (χ0n) is 18.2. The van der Waals surface area contributed by atoms with E-state index in [1.54, 1.807) is 0 Å². The van der Waals surface area contributed by atoms with Crippen LogP contribution in [0.5, 0.6) is 0 Å². The molecule has 2 aliphatic rings. The predicted molar refractivity (Wildman–Crippen MR) is 122 cm³/mol. The monoisotopic (exact) mass is 428 g/mol. The third kappa shape index (κ3) is 4.05. The first kappa shape index (κ1) is 20.5. The number of carbonyl (C=O) groups is 2. The molecule has 0 N–H and O–H groups in total. The van der Waals surface area contributed by atoms with Gasteiger partial charge in [-0.15, -0.1) is 0 Å². The van der Waals surface area contributed by atoms with E-state index in [0.29, 0.717) is 31.9 Å². The Balaban J connectivity index is 1.29. The van der Waals surface area contributed by atoms with E-state index < -0.39 is 0 Å². The third-order valence-corrected chi connectivity index (χ3v) is 6.53. The van der Waals surface area contributed by atoms with E-state index in [1.807, 2.05) is 81.2 Å². The lowest BCUT2D eigenvalue weighted by Gasteiger charge is -2.36. The largest absolute Gasteiger partial charge is 0.338 e. The summed E-state index contributed by atoms with van der Waals surface area (Å²) in [7, 11) is 0. The van der Waals surface area contributed by atoms with Gasteiger partial charge >= 0.3 is 0 Å². The number of hydrogen-bond acceptors (Lipinski definition) is 3. The van der Waals surface area contributed by atoms with Crippen LogP contribution in [0.15, 0.2) is 66.7 Å². The molecule has 0 unspecified atom stereocenters. The van der Waals surface area contributed by atoms with Crippen LogP contribution in [-0.2, 0) is 17.8 Å². The summed E-state index contributed by atoms with van der Waals surface area (Å²) in [5.41, 5.74) is 3.67. The van der Waals surface area contributed by atoms with Gasteiger partial charge in [-0.1, -0.05) is 60.7 Å². The standard InChI is InChI=1S/C26H28N4O2/c31-25(23-19-22-13-7-8-14-30(22)27-23)28-15-17-29(18-16-28)26(32)24(20-9-3-1-4-10-20)21-11-5-2-6-12-21/h1-6,9-12,19,24H,7-8,13-18H2. The molecule has 2 aliphatic heterocycles. The molecular weight excluding hydrogens is 400 g/mol. The number of fused-ring (bicyclic) bond motifs is 1. The van der Waals surface area contributed by atoms with Crippen molar-refractivity contribution in [1.29, 1.82) is 0 Å². The number of aryl methyl sites for hydroxylation is 2. The minimum atomic E-state index is -0.334. The van der Waals surface area contributed by atoms with Gasteiger partial charge in [-0.25, -0.2) is 0 Å². The van der Waals surface area contributed by atoms with Crippen LogP contribution in [0.25, 0.3) is 0 Å². The van der Waals surface area contributed by atoms with E-state index in [4.69, 9.17) is 0 Å². The highest BCUT2D eigenvalue weighted by Gasteiger charge is 2.32. The van der Waals surface area contributed by atoms with Crippen molar-refractivity contribution < 1.29 is 9.59 Å². The molecule has 2 amide bonds. The van der Waals surface area contributed by atoms with Gasteiger partial charge < -0.3 is 9.80 Å². The van der Waals surface area contributed by atoms with Crippen molar-refractivity contribution >= 4 is 11.8 Å². The van der Waals surface area contributed by atoms with E-state index in [2.05, 4.69) is 5.10 Å². The van der Waals surface area contributed by atoms with Crippen molar-refractivity contribution in [3.05, 3.63) is 89.2 Å². The van der Waals surface area contributed by atoms with Crippen molar-refractivity contribution in [1.82, 2.24) is 19.6 Å². The Hall–Kier alpha value is -3.41. The van der Waals surface area contributed by atoms with Crippen LogP contribution in [0.2, 0.25) is 0 Å². The summed E-state index contributed by atoms with van der Waals surface area (Å²) in [5.74, 6) is -0.270. The van der Waals surface area contributed by atoms with Crippen molar-refractivity contribution in [3.63, 3.8) is 0 Å². The molecule has 1 aromatic heterocycles. The molecule has 1 fully saturated rings. The van der Waals surface area contributed by atoms with Gasteiger partial charge in [0, 0.05) is 38.4 Å². The van der Waals surface area contributed by atoms with E-state index in [9.17, 15) is 9.59 Å². The fourth-order valence-corrected chi connectivity index (χ4v) is 4.77. The zero-order valence-corrected chi connectivity index (χ0v) is 18.2. The zero-order chi connectivity index (χ0) is 21.9. The molecule has 0 bridgehead atoms. The van der Waals surface area contributed by atoms with Gasteiger partial charge in [0.25, 0.3) is 5.91 Å². The summed E-state index contributed by atoms with van der Waals surface area (Å²) in [5, 5.41) is 4.53. The van der Waals surface area contributed by atoms with Gasteiger partial charge in [-0.05, 0) is 36.5 Å². The van der Waals surface area contributed by atoms with Crippen LogP contribution in [0, 0.1) is 0 Å². The fraction of sp³-hybridized carbons (Fsp3) is 0.346. The maximum atomic E-state index is 13.6. The van der Waals surface area contributed by atoms with E-state index in [1.165, 1.54) is 0 Å². The van der Waals surface area contributed by atoms with Gasteiger partial charge in [-0.3, -0.25) is 14.3 Å². The molecule has 3 aromatic rings. The summed E-state index contributed by atoms with van der Waals surface area (Å²) in [4.78, 5) is 30.3. The van der Waals surface area contributed by atoms with Gasteiger partial charge in [0.05, 0.1) is 5.92 Å². The van der Waals surface area contributed by atoms with Crippen molar-refractivity contribution in [2.75, 3.05) is 26.2 Å². The van der Waals surface area contributed by atoms with Crippen LogP contribution < -0.4 is 0 Å². The van der Waals surface area contributed by atoms with Crippen molar-refractivity contribution in [2.24, 2.45) is 0 Å². The average molecular weight is 429 g/mol. The van der Waals surface area contributed by atoms with Gasteiger partial charge in [-0.2, -0.15) is 5.10 Å². The van der Waals surface area contributed by atoms with E-state index in [-0.39, 0.29) is 17.7 Å². The number of rotatable bonds is 4. The number of benzene rings is 2. The number of hydrogen-bond donors (Lipinski definition) is 0. The predicted octanol–water partition coefficient (Wildman–Crippen LogP) is 3.34. The summed E-state index contributed by atoms with van der Waals surface area (Å²) in [6.07, 6.45) is 3.26. The molecule has 2 aromatic carbocycles. The first-order valence-corrected chi connectivity index (χ1v) is 11.5. The third-order valence-electron chi connectivity index (χ3n) is 6.53. The number of piperazine rings is 1. The minimum Gasteiger partial charge on any atom is -0.338 e. The molecule has 0 radical (unpaired) electrons. The quantitative estimate of drug-likeness (QED) is 0.641. The Labute approximate surface area is 188 Å². The lowest BCUT2D eigenvalue weighted by Crippen LogP contribution is -2.51. The SMILES string of the molecule is O=C(c1cc2n(n1)CCCC2)N1CCN(C(=O)C(c2ccccc2)c2ccccc2)CC1. The highest BCUT2D eigenvalue weighted by atomic mass is 16.2. The molecule has 3 heterocycles. The fourth-order valence-electron chi connectivity index (χ4n) is 4.77. The number of aromatic nitrogens is 2. The highest BCUT2D eigenvalue weighted by molar-refractivity contribution is 5.93. The van der Waals surface area contributed by atoms with Crippen LogP contribution in [0.3, 0.4) is 0 Å². The minimum absolute atomic E-state index is 0.0262. The lowest BCUT2D eigenvalue weighted by molar-refractivity contribution is -0.133. The summed E-state index contributed by atoms with van der Waals surface area (Å²) >= 11 is 0. The second-order valence-electron chi connectivity index (χ2n) is 8.57. The first-order chi connectivity index (χ1) is 15.7. The number of carbonyl (C=O) groups excluding carboxylic acids is 2. The molecule has 6 heteroatoms. The summed E-state index contributed by atoms with van der Waals surface area (Å²) in [6.45, 7) is 3.03. The van der Waals surface area contributed by atoms with Crippen LogP contribution in [0.1, 0.15) is 46.1 Å². The molecule has 0 aliphatic carbocycles. The molecule has 0 saturated carbocycles. The Morgan fingerprint density at radius 1 is 0.750 bits per heavy atom.